The molecule has 3 heterocycles. The number of hydrogen-bond acceptors (Lipinski definition) is 6. The minimum Gasteiger partial charge on any atom is -0.459 e. The number of hydrogen-bond donors (Lipinski definition) is 0. The second-order valence-corrected chi connectivity index (χ2v) is 7.73. The number of furan rings is 1. The largest absolute Gasteiger partial charge is 0.459 e. The van der Waals surface area contributed by atoms with Crippen molar-refractivity contribution in [3.8, 4) is 0 Å². The van der Waals surface area contributed by atoms with Gasteiger partial charge in [-0.3, -0.25) is 4.79 Å². The molecule has 27 heavy (non-hydrogen) atoms. The number of anilines is 1. The highest BCUT2D eigenvalue weighted by molar-refractivity contribution is 7.09. The van der Waals surface area contributed by atoms with Crippen LogP contribution >= 0.6 is 23.1 Å². The van der Waals surface area contributed by atoms with Crippen LogP contribution in [0.25, 0.3) is 0 Å². The summed E-state index contributed by atoms with van der Waals surface area (Å²) >= 11 is 7.34. The monoisotopic (exact) mass is 402 g/mol. The molecule has 1 saturated heterocycles. The molecule has 0 spiro atoms. The van der Waals surface area contributed by atoms with Gasteiger partial charge in [0.2, 0.25) is 5.13 Å². The van der Waals surface area contributed by atoms with Gasteiger partial charge in [-0.1, -0.05) is 23.7 Å². The molecule has 1 aromatic carbocycles. The van der Waals surface area contributed by atoms with Crippen LogP contribution in [0.2, 0.25) is 5.02 Å². The Balaban J connectivity index is 1.40. The lowest BCUT2D eigenvalue weighted by molar-refractivity contribution is 0.0641. The summed E-state index contributed by atoms with van der Waals surface area (Å²) in [6, 6.07) is 11.2. The number of nitrogens with zero attached hydrogens (tertiary/aromatic N) is 4. The molecule has 8 heteroatoms. The highest BCUT2D eigenvalue weighted by atomic mass is 35.5. The van der Waals surface area contributed by atoms with Crippen LogP contribution in [0.4, 0.5) is 5.13 Å². The molecule has 1 atom stereocenters. The van der Waals surface area contributed by atoms with Crippen molar-refractivity contribution < 1.29 is 9.21 Å². The molecule has 1 aliphatic rings. The van der Waals surface area contributed by atoms with E-state index in [-0.39, 0.29) is 11.9 Å². The predicted octanol–water partition coefficient (Wildman–Crippen LogP) is 3.73. The Labute approximate surface area is 166 Å². The van der Waals surface area contributed by atoms with E-state index in [9.17, 15) is 4.79 Å². The first-order valence-electron chi connectivity index (χ1n) is 8.76. The smallest absolute Gasteiger partial charge is 0.289 e. The first-order chi connectivity index (χ1) is 13.1. The average Bonchev–Trinajstić information content (AvgIpc) is 3.35. The summed E-state index contributed by atoms with van der Waals surface area (Å²) < 4.78 is 9.73. The summed E-state index contributed by atoms with van der Waals surface area (Å²) in [4.78, 5) is 21.3. The topological polar surface area (TPSA) is 62.5 Å². The van der Waals surface area contributed by atoms with Crippen molar-refractivity contribution in [2.24, 2.45) is 0 Å². The number of benzene rings is 1. The van der Waals surface area contributed by atoms with Gasteiger partial charge in [-0.25, -0.2) is 4.98 Å². The third kappa shape index (κ3) is 3.99. The summed E-state index contributed by atoms with van der Waals surface area (Å²) in [5.74, 6) is 1.13. The van der Waals surface area contributed by atoms with E-state index < -0.39 is 0 Å². The van der Waals surface area contributed by atoms with Gasteiger partial charge in [0, 0.05) is 48.7 Å². The molecule has 0 saturated carbocycles. The van der Waals surface area contributed by atoms with Crippen LogP contribution in [-0.4, -0.2) is 45.8 Å². The first kappa shape index (κ1) is 18.0. The van der Waals surface area contributed by atoms with E-state index in [4.69, 9.17) is 16.0 Å². The van der Waals surface area contributed by atoms with Crippen LogP contribution in [0.15, 0.2) is 47.1 Å². The van der Waals surface area contributed by atoms with Gasteiger partial charge in [0.1, 0.15) is 5.82 Å². The molecule has 0 aliphatic carbocycles. The normalized spacial score (nSPS) is 17.3. The molecule has 0 N–H and O–H groups in total. The zero-order chi connectivity index (χ0) is 18.8. The van der Waals surface area contributed by atoms with Gasteiger partial charge < -0.3 is 14.2 Å². The Morgan fingerprint density at radius 1 is 1.30 bits per heavy atom. The highest BCUT2D eigenvalue weighted by Gasteiger charge is 2.30. The van der Waals surface area contributed by atoms with E-state index in [1.54, 1.807) is 12.1 Å². The van der Waals surface area contributed by atoms with Gasteiger partial charge in [0.25, 0.3) is 5.91 Å². The molecule has 1 amide bonds. The Bertz CT molecular complexity index is 910. The number of rotatable bonds is 4. The number of carbonyl (C=O) groups is 1. The van der Waals surface area contributed by atoms with Crippen molar-refractivity contribution in [1.82, 2.24) is 14.3 Å². The molecular formula is C19H19ClN4O2S. The molecule has 4 rings (SSSR count). The Hall–Kier alpha value is -2.38. The number of aromatic nitrogens is 2. The summed E-state index contributed by atoms with van der Waals surface area (Å²) in [5.41, 5.74) is 1.13. The fourth-order valence-corrected chi connectivity index (χ4v) is 4.05. The van der Waals surface area contributed by atoms with E-state index in [0.717, 1.165) is 34.6 Å². The van der Waals surface area contributed by atoms with Crippen LogP contribution in [0.3, 0.4) is 0 Å². The number of carbonyl (C=O) groups excluding carboxylic acids is 1. The van der Waals surface area contributed by atoms with Gasteiger partial charge in [0.05, 0.1) is 6.26 Å². The predicted molar refractivity (Wildman–Crippen MR) is 106 cm³/mol. The second kappa shape index (κ2) is 7.70. The molecule has 0 radical (unpaired) electrons. The molecule has 3 aromatic rings. The quantitative estimate of drug-likeness (QED) is 0.665. The highest BCUT2D eigenvalue weighted by Crippen LogP contribution is 2.23. The standard InChI is InChI=1S/C19H19ClN4O2S/c1-13-12-23(8-9-24(13)18(25)16-3-2-10-26-16)19-21-17(22-27-19)11-14-4-6-15(20)7-5-14/h2-7,10,13H,8-9,11-12H2,1H3/t13-/m0/s1. The fourth-order valence-electron chi connectivity index (χ4n) is 3.20. The lowest BCUT2D eigenvalue weighted by Gasteiger charge is -2.39. The van der Waals surface area contributed by atoms with Crippen molar-refractivity contribution in [1.29, 1.82) is 0 Å². The summed E-state index contributed by atoms with van der Waals surface area (Å²) in [7, 11) is 0. The minimum atomic E-state index is -0.0622. The molecule has 1 aliphatic heterocycles. The van der Waals surface area contributed by atoms with Gasteiger partial charge in [-0.05, 0) is 36.8 Å². The molecule has 6 nitrogen and oxygen atoms in total. The number of amides is 1. The fraction of sp³-hybridized carbons (Fsp3) is 0.316. The lowest BCUT2D eigenvalue weighted by atomic mass is 10.1. The van der Waals surface area contributed by atoms with E-state index in [1.165, 1.54) is 17.8 Å². The maximum absolute atomic E-state index is 12.5. The van der Waals surface area contributed by atoms with E-state index >= 15 is 0 Å². The van der Waals surface area contributed by atoms with Gasteiger partial charge in [-0.2, -0.15) is 4.37 Å². The minimum absolute atomic E-state index is 0.0622. The third-order valence-electron chi connectivity index (χ3n) is 4.62. The van der Waals surface area contributed by atoms with Gasteiger partial charge >= 0.3 is 0 Å². The maximum atomic E-state index is 12.5. The Morgan fingerprint density at radius 3 is 2.81 bits per heavy atom. The van der Waals surface area contributed by atoms with Crippen LogP contribution in [0.5, 0.6) is 0 Å². The maximum Gasteiger partial charge on any atom is 0.289 e. The van der Waals surface area contributed by atoms with Crippen molar-refractivity contribution >= 4 is 34.2 Å². The van der Waals surface area contributed by atoms with Crippen molar-refractivity contribution in [3.63, 3.8) is 0 Å². The summed E-state index contributed by atoms with van der Waals surface area (Å²) in [6.07, 6.45) is 2.21. The van der Waals surface area contributed by atoms with Crippen molar-refractivity contribution in [2.45, 2.75) is 19.4 Å². The first-order valence-corrected chi connectivity index (χ1v) is 9.92. The van der Waals surface area contributed by atoms with Crippen LogP contribution < -0.4 is 4.90 Å². The zero-order valence-electron chi connectivity index (χ0n) is 14.8. The van der Waals surface area contributed by atoms with E-state index in [0.29, 0.717) is 18.7 Å². The average molecular weight is 403 g/mol. The van der Waals surface area contributed by atoms with Gasteiger partial charge in [0.15, 0.2) is 5.76 Å². The molecular weight excluding hydrogens is 384 g/mol. The molecule has 2 aromatic heterocycles. The second-order valence-electron chi connectivity index (χ2n) is 6.57. The summed E-state index contributed by atoms with van der Waals surface area (Å²) in [5, 5.41) is 1.62. The van der Waals surface area contributed by atoms with Crippen molar-refractivity contribution in [2.75, 3.05) is 24.5 Å². The van der Waals surface area contributed by atoms with Crippen LogP contribution in [-0.2, 0) is 6.42 Å². The van der Waals surface area contributed by atoms with Crippen LogP contribution in [0, 0.1) is 0 Å². The molecule has 0 unspecified atom stereocenters. The van der Waals surface area contributed by atoms with Gasteiger partial charge in [-0.15, -0.1) is 0 Å². The lowest BCUT2D eigenvalue weighted by Crippen LogP contribution is -2.54. The third-order valence-corrected chi connectivity index (χ3v) is 5.69. The molecule has 140 valence electrons. The zero-order valence-corrected chi connectivity index (χ0v) is 16.4. The Kier molecular flexibility index (Phi) is 5.13. The van der Waals surface area contributed by atoms with E-state index in [1.807, 2.05) is 36.1 Å². The SMILES string of the molecule is C[C@H]1CN(c2nc(Cc3ccc(Cl)cc3)ns2)CCN1C(=O)c1ccco1. The van der Waals surface area contributed by atoms with Crippen molar-refractivity contribution in [3.05, 3.63) is 64.8 Å². The molecule has 1 fully saturated rings. The molecule has 0 bridgehead atoms. The van der Waals surface area contributed by atoms with E-state index in [2.05, 4.69) is 14.3 Å². The number of piperazine rings is 1. The summed E-state index contributed by atoms with van der Waals surface area (Å²) in [6.45, 7) is 4.13. The van der Waals surface area contributed by atoms with Crippen LogP contribution in [0.1, 0.15) is 28.9 Å². The number of halogens is 1. The Morgan fingerprint density at radius 2 is 2.11 bits per heavy atom.